The molecule has 0 bridgehead atoms. The van der Waals surface area contributed by atoms with Gasteiger partial charge in [0.25, 0.3) is 0 Å². The van der Waals surface area contributed by atoms with Crippen molar-refractivity contribution in [3.8, 4) is 55.9 Å². The number of aromatic nitrogens is 9. The summed E-state index contributed by atoms with van der Waals surface area (Å²) in [5.74, 6) is 0.526. The zero-order valence-corrected chi connectivity index (χ0v) is 31.8. The van der Waals surface area contributed by atoms with Gasteiger partial charge in [-0.15, -0.1) is 16.4 Å². The van der Waals surface area contributed by atoms with Crippen molar-refractivity contribution in [2.24, 2.45) is 0 Å². The maximum atomic E-state index is 5.50. The molecule has 7 heterocycles. The van der Waals surface area contributed by atoms with Crippen molar-refractivity contribution < 1.29 is 0 Å². The van der Waals surface area contributed by atoms with Crippen LogP contribution in [0.15, 0.2) is 164 Å². The van der Waals surface area contributed by atoms with Crippen molar-refractivity contribution in [1.82, 2.24) is 45.1 Å². The van der Waals surface area contributed by atoms with Crippen LogP contribution in [0.3, 0.4) is 0 Å². The highest BCUT2D eigenvalue weighted by Crippen LogP contribution is 2.53. The molecule has 0 aliphatic carbocycles. The van der Waals surface area contributed by atoms with Gasteiger partial charge in [-0.05, 0) is 53.9 Å². The van der Waals surface area contributed by atoms with Gasteiger partial charge in [-0.1, -0.05) is 91.0 Å². The quantitative estimate of drug-likeness (QED) is 0.168. The van der Waals surface area contributed by atoms with Crippen LogP contribution in [-0.2, 0) is 0 Å². The molecular formula is C49H27N9S. The summed E-state index contributed by atoms with van der Waals surface area (Å²) in [5.41, 5.74) is 9.19. The first-order valence-electron chi connectivity index (χ1n) is 19.1. The van der Waals surface area contributed by atoms with Gasteiger partial charge in [0.2, 0.25) is 0 Å². The second-order valence-corrected chi connectivity index (χ2v) is 15.2. The zero-order chi connectivity index (χ0) is 38.9. The SMILES string of the molecule is c1ccc2nc(-c3c(-c4nncc5ccccc45)c(-c4ccc5cccnc5n4)c4nc(-c5ncc6ccccc6n5)sc4c3-c3nccc4ccccc34)ccc2c1. The van der Waals surface area contributed by atoms with E-state index in [1.165, 1.54) is 11.3 Å². The number of hydrogen-bond donors (Lipinski definition) is 0. The molecule has 0 radical (unpaired) electrons. The van der Waals surface area contributed by atoms with Gasteiger partial charge in [-0.25, -0.2) is 29.9 Å². The molecule has 9 nitrogen and oxygen atoms in total. The molecule has 0 spiro atoms. The Labute approximate surface area is 339 Å². The van der Waals surface area contributed by atoms with Gasteiger partial charge in [0.15, 0.2) is 16.5 Å². The third-order valence-corrected chi connectivity index (χ3v) is 11.9. The number of hydrogen-bond acceptors (Lipinski definition) is 10. The molecule has 5 aromatic carbocycles. The Hall–Kier alpha value is -7.95. The lowest BCUT2D eigenvalue weighted by molar-refractivity contribution is 1.06. The molecule has 0 unspecified atom stereocenters. The first-order chi connectivity index (χ1) is 29.2. The summed E-state index contributed by atoms with van der Waals surface area (Å²) >= 11 is 1.54. The lowest BCUT2D eigenvalue weighted by Crippen LogP contribution is -2.02. The Balaban J connectivity index is 1.33. The molecule has 0 aliphatic rings. The fourth-order valence-electron chi connectivity index (χ4n) is 8.11. The number of rotatable bonds is 5. The van der Waals surface area contributed by atoms with Gasteiger partial charge in [0.1, 0.15) is 5.69 Å². The van der Waals surface area contributed by atoms with Crippen molar-refractivity contribution in [3.05, 3.63) is 164 Å². The van der Waals surface area contributed by atoms with E-state index in [-0.39, 0.29) is 0 Å². The molecule has 0 fully saturated rings. The average Bonchev–Trinajstić information content (AvgIpc) is 3.75. The van der Waals surface area contributed by atoms with Crippen LogP contribution in [0.4, 0.5) is 0 Å². The molecule has 0 atom stereocenters. The highest BCUT2D eigenvalue weighted by Gasteiger charge is 2.31. The fourth-order valence-corrected chi connectivity index (χ4v) is 9.17. The minimum atomic E-state index is 0.526. The molecule has 59 heavy (non-hydrogen) atoms. The van der Waals surface area contributed by atoms with E-state index in [2.05, 4.69) is 65.8 Å². The summed E-state index contributed by atoms with van der Waals surface area (Å²) in [6.45, 7) is 0. The van der Waals surface area contributed by atoms with Gasteiger partial charge < -0.3 is 0 Å². The Morgan fingerprint density at radius 3 is 1.97 bits per heavy atom. The van der Waals surface area contributed by atoms with Crippen molar-refractivity contribution in [2.75, 3.05) is 0 Å². The van der Waals surface area contributed by atoms with E-state index in [0.717, 1.165) is 87.1 Å². The lowest BCUT2D eigenvalue weighted by Gasteiger charge is -2.21. The zero-order valence-electron chi connectivity index (χ0n) is 31.0. The first-order valence-corrected chi connectivity index (χ1v) is 19.9. The number of pyridine rings is 4. The van der Waals surface area contributed by atoms with Crippen molar-refractivity contribution in [2.45, 2.75) is 0 Å². The Morgan fingerprint density at radius 1 is 0.407 bits per heavy atom. The standard InChI is InChI=1S/C49H27N9S/c1-5-15-33-28(10-1)23-25-50-43(33)42-39(37-21-19-29-11-3-7-17-35(29)54-37)41(44-34-16-6-2-12-31(34)27-53-58-44)40(38-22-20-30-14-9-24-51-47(30)56-38)45-46(42)59-49(57-45)48-52-26-32-13-4-8-18-36(32)55-48/h1-27H. The summed E-state index contributed by atoms with van der Waals surface area (Å²) in [4.78, 5) is 36.0. The van der Waals surface area contributed by atoms with Gasteiger partial charge in [0.05, 0.1) is 44.5 Å². The van der Waals surface area contributed by atoms with Crippen LogP contribution in [-0.4, -0.2) is 45.1 Å². The topological polar surface area (TPSA) is 116 Å². The van der Waals surface area contributed by atoms with Crippen LogP contribution in [0.1, 0.15) is 0 Å². The summed E-state index contributed by atoms with van der Waals surface area (Å²) in [6.07, 6.45) is 7.30. The highest BCUT2D eigenvalue weighted by atomic mass is 32.1. The van der Waals surface area contributed by atoms with E-state index in [0.29, 0.717) is 33.4 Å². The maximum absolute atomic E-state index is 5.50. The maximum Gasteiger partial charge on any atom is 0.189 e. The van der Waals surface area contributed by atoms with Crippen LogP contribution in [0.5, 0.6) is 0 Å². The molecule has 12 rings (SSSR count). The minimum Gasteiger partial charge on any atom is -0.256 e. The Bertz CT molecular complexity index is 3650. The summed E-state index contributed by atoms with van der Waals surface area (Å²) in [7, 11) is 0. The van der Waals surface area contributed by atoms with Crippen LogP contribution < -0.4 is 0 Å². The third kappa shape index (κ3) is 5.42. The number of para-hydroxylation sites is 2. The molecule has 0 N–H and O–H groups in total. The van der Waals surface area contributed by atoms with Gasteiger partial charge in [0, 0.05) is 73.2 Å². The summed E-state index contributed by atoms with van der Waals surface area (Å²) in [6, 6.07) is 47.0. The molecule has 0 saturated carbocycles. The van der Waals surface area contributed by atoms with E-state index in [9.17, 15) is 0 Å². The van der Waals surface area contributed by atoms with Crippen LogP contribution in [0, 0.1) is 0 Å². The molecule has 0 amide bonds. The molecule has 0 saturated heterocycles. The normalized spacial score (nSPS) is 11.7. The average molecular weight is 774 g/mol. The monoisotopic (exact) mass is 773 g/mol. The first kappa shape index (κ1) is 33.2. The van der Waals surface area contributed by atoms with E-state index < -0.39 is 0 Å². The number of fused-ring (bicyclic) bond motifs is 6. The minimum absolute atomic E-state index is 0.526. The Morgan fingerprint density at radius 2 is 1.10 bits per heavy atom. The van der Waals surface area contributed by atoms with Crippen molar-refractivity contribution in [3.63, 3.8) is 0 Å². The van der Waals surface area contributed by atoms with E-state index >= 15 is 0 Å². The predicted molar refractivity (Wildman–Crippen MR) is 237 cm³/mol. The molecule has 0 aliphatic heterocycles. The smallest absolute Gasteiger partial charge is 0.189 e. The van der Waals surface area contributed by atoms with E-state index in [1.807, 2.05) is 91.3 Å². The van der Waals surface area contributed by atoms with Crippen molar-refractivity contribution >= 4 is 75.9 Å². The van der Waals surface area contributed by atoms with E-state index in [1.54, 1.807) is 12.4 Å². The van der Waals surface area contributed by atoms with E-state index in [4.69, 9.17) is 40.0 Å². The Kier molecular flexibility index (Phi) is 7.50. The fraction of sp³-hybridized carbons (Fsp3) is 0. The second-order valence-electron chi connectivity index (χ2n) is 14.2. The van der Waals surface area contributed by atoms with Crippen LogP contribution in [0.2, 0.25) is 0 Å². The largest absolute Gasteiger partial charge is 0.256 e. The summed E-state index contributed by atoms with van der Waals surface area (Å²) in [5, 5.41) is 17.1. The van der Waals surface area contributed by atoms with Gasteiger partial charge in [-0.3, -0.25) is 4.98 Å². The molecular weight excluding hydrogens is 747 g/mol. The predicted octanol–water partition coefficient (Wildman–Crippen LogP) is 11.6. The molecule has 12 aromatic rings. The number of thiazole rings is 1. The molecule has 10 heteroatoms. The van der Waals surface area contributed by atoms with Gasteiger partial charge >= 0.3 is 0 Å². The third-order valence-electron chi connectivity index (χ3n) is 10.8. The molecule has 7 aromatic heterocycles. The second kappa shape index (κ2) is 13.3. The van der Waals surface area contributed by atoms with Crippen molar-refractivity contribution in [1.29, 1.82) is 0 Å². The number of nitrogens with zero attached hydrogens (tertiary/aromatic N) is 9. The summed E-state index contributed by atoms with van der Waals surface area (Å²) < 4.78 is 0.889. The molecule has 274 valence electrons. The highest BCUT2D eigenvalue weighted by molar-refractivity contribution is 7.22. The number of benzene rings is 5. The van der Waals surface area contributed by atoms with Crippen LogP contribution >= 0.6 is 11.3 Å². The van der Waals surface area contributed by atoms with Gasteiger partial charge in [-0.2, -0.15) is 5.10 Å². The lowest BCUT2D eigenvalue weighted by atomic mass is 9.85. The van der Waals surface area contributed by atoms with Crippen LogP contribution in [0.25, 0.3) is 120 Å².